The molecule has 1 fully saturated rings. The second-order valence-electron chi connectivity index (χ2n) is 4.73. The van der Waals surface area contributed by atoms with Gasteiger partial charge in [0.25, 0.3) is 0 Å². The molecular formula is C13H22N4O2. The molecule has 0 aliphatic carbocycles. The normalized spacial score (nSPS) is 16.3. The molecule has 0 unspecified atom stereocenters. The van der Waals surface area contributed by atoms with Gasteiger partial charge in [-0.2, -0.15) is 0 Å². The molecule has 2 rings (SSSR count). The first kappa shape index (κ1) is 14.0. The molecule has 6 heteroatoms. The summed E-state index contributed by atoms with van der Waals surface area (Å²) in [5.41, 5.74) is 0. The highest BCUT2D eigenvalue weighted by Gasteiger charge is 2.13. The SMILES string of the molecule is OCCCNc1cc(NCC2CCOCC2)ncn1. The van der Waals surface area contributed by atoms with Crippen molar-refractivity contribution in [3.8, 4) is 0 Å². The van der Waals surface area contributed by atoms with Crippen LogP contribution in [0.4, 0.5) is 11.6 Å². The molecule has 0 radical (unpaired) electrons. The van der Waals surface area contributed by atoms with E-state index in [1.54, 1.807) is 6.33 Å². The molecule has 0 saturated carbocycles. The summed E-state index contributed by atoms with van der Waals surface area (Å²) in [6.07, 6.45) is 4.49. The van der Waals surface area contributed by atoms with E-state index in [0.717, 1.165) is 50.7 Å². The summed E-state index contributed by atoms with van der Waals surface area (Å²) in [5.74, 6) is 2.29. The number of anilines is 2. The lowest BCUT2D eigenvalue weighted by Gasteiger charge is -2.22. The van der Waals surface area contributed by atoms with Crippen molar-refractivity contribution in [2.24, 2.45) is 5.92 Å². The number of ether oxygens (including phenoxy) is 1. The second kappa shape index (κ2) is 7.91. The van der Waals surface area contributed by atoms with Gasteiger partial charge in [-0.25, -0.2) is 9.97 Å². The number of hydrogen-bond acceptors (Lipinski definition) is 6. The maximum Gasteiger partial charge on any atom is 0.131 e. The zero-order valence-electron chi connectivity index (χ0n) is 11.1. The lowest BCUT2D eigenvalue weighted by molar-refractivity contribution is 0.0699. The van der Waals surface area contributed by atoms with Gasteiger partial charge in [0, 0.05) is 39.0 Å². The van der Waals surface area contributed by atoms with Gasteiger partial charge in [-0.1, -0.05) is 0 Å². The molecule has 0 aromatic carbocycles. The van der Waals surface area contributed by atoms with E-state index in [9.17, 15) is 0 Å². The van der Waals surface area contributed by atoms with Gasteiger partial charge in [0.05, 0.1) is 0 Å². The fourth-order valence-corrected chi connectivity index (χ4v) is 2.05. The van der Waals surface area contributed by atoms with E-state index in [1.165, 1.54) is 0 Å². The topological polar surface area (TPSA) is 79.3 Å². The van der Waals surface area contributed by atoms with Crippen LogP contribution in [0, 0.1) is 5.92 Å². The second-order valence-corrected chi connectivity index (χ2v) is 4.73. The summed E-state index contributed by atoms with van der Waals surface area (Å²) >= 11 is 0. The van der Waals surface area contributed by atoms with Gasteiger partial charge in [0.15, 0.2) is 0 Å². The molecule has 0 spiro atoms. The van der Waals surface area contributed by atoms with E-state index in [0.29, 0.717) is 12.5 Å². The number of aliphatic hydroxyl groups is 1. The van der Waals surface area contributed by atoms with Crippen molar-refractivity contribution in [1.29, 1.82) is 0 Å². The predicted octanol–water partition coefficient (Wildman–Crippen LogP) is 1.11. The molecule has 1 aromatic heterocycles. The van der Waals surface area contributed by atoms with Crippen molar-refractivity contribution >= 4 is 11.6 Å². The lowest BCUT2D eigenvalue weighted by atomic mass is 10.0. The summed E-state index contributed by atoms with van der Waals surface area (Å²) in [5, 5.41) is 15.2. The van der Waals surface area contributed by atoms with Crippen LogP contribution in [-0.4, -0.2) is 48.0 Å². The molecular weight excluding hydrogens is 244 g/mol. The fraction of sp³-hybridized carbons (Fsp3) is 0.692. The third-order valence-corrected chi connectivity index (χ3v) is 3.22. The van der Waals surface area contributed by atoms with E-state index in [2.05, 4.69) is 20.6 Å². The van der Waals surface area contributed by atoms with Gasteiger partial charge in [-0.15, -0.1) is 0 Å². The fourth-order valence-electron chi connectivity index (χ4n) is 2.05. The molecule has 0 bridgehead atoms. The lowest BCUT2D eigenvalue weighted by Crippen LogP contribution is -2.23. The molecule has 1 aliphatic rings. The summed E-state index contributed by atoms with van der Waals surface area (Å²) in [6.45, 7) is 3.56. The van der Waals surface area contributed by atoms with Crippen LogP contribution in [0.2, 0.25) is 0 Å². The standard InChI is InChI=1S/C13H22N4O2/c18-5-1-4-14-12-8-13(17-10-16-12)15-9-11-2-6-19-7-3-11/h8,10-11,18H,1-7,9H2,(H2,14,15,16,17). The molecule has 106 valence electrons. The van der Waals surface area contributed by atoms with Crippen LogP contribution in [0.15, 0.2) is 12.4 Å². The first-order valence-corrected chi connectivity index (χ1v) is 6.87. The van der Waals surface area contributed by atoms with Gasteiger partial charge in [-0.05, 0) is 25.2 Å². The number of rotatable bonds is 7. The van der Waals surface area contributed by atoms with Crippen molar-refractivity contribution < 1.29 is 9.84 Å². The predicted molar refractivity (Wildman–Crippen MR) is 74.3 cm³/mol. The Morgan fingerprint density at radius 2 is 1.95 bits per heavy atom. The average Bonchev–Trinajstić information content (AvgIpc) is 2.47. The molecule has 1 aromatic rings. The highest BCUT2D eigenvalue weighted by Crippen LogP contribution is 2.16. The maximum absolute atomic E-state index is 8.73. The quantitative estimate of drug-likeness (QED) is 0.642. The van der Waals surface area contributed by atoms with Crippen LogP contribution in [0.25, 0.3) is 0 Å². The summed E-state index contributed by atoms with van der Waals surface area (Å²) in [6, 6.07) is 1.90. The van der Waals surface area contributed by atoms with Crippen LogP contribution in [-0.2, 0) is 4.74 Å². The third kappa shape index (κ3) is 5.00. The number of nitrogens with zero attached hydrogens (tertiary/aromatic N) is 2. The van der Waals surface area contributed by atoms with E-state index in [1.807, 2.05) is 6.07 Å². The Hall–Kier alpha value is -1.40. The Kier molecular flexibility index (Phi) is 5.84. The van der Waals surface area contributed by atoms with E-state index in [-0.39, 0.29) is 6.61 Å². The summed E-state index contributed by atoms with van der Waals surface area (Å²) in [7, 11) is 0. The number of nitrogens with one attached hydrogen (secondary N) is 2. The maximum atomic E-state index is 8.73. The van der Waals surface area contributed by atoms with E-state index >= 15 is 0 Å². The van der Waals surface area contributed by atoms with Crippen molar-refractivity contribution in [1.82, 2.24) is 9.97 Å². The zero-order valence-corrected chi connectivity index (χ0v) is 11.1. The first-order chi connectivity index (χ1) is 9.38. The minimum absolute atomic E-state index is 0.187. The number of hydrogen-bond donors (Lipinski definition) is 3. The van der Waals surface area contributed by atoms with Crippen LogP contribution in [0.5, 0.6) is 0 Å². The first-order valence-electron chi connectivity index (χ1n) is 6.87. The minimum atomic E-state index is 0.187. The Balaban J connectivity index is 1.77. The average molecular weight is 266 g/mol. The van der Waals surface area contributed by atoms with Crippen LogP contribution >= 0.6 is 0 Å². The van der Waals surface area contributed by atoms with Gasteiger partial charge in [0.1, 0.15) is 18.0 Å². The van der Waals surface area contributed by atoms with Crippen molar-refractivity contribution in [2.75, 3.05) is 43.5 Å². The molecule has 0 amide bonds. The highest BCUT2D eigenvalue weighted by atomic mass is 16.5. The molecule has 2 heterocycles. The summed E-state index contributed by atoms with van der Waals surface area (Å²) < 4.78 is 5.34. The number of aliphatic hydroxyl groups excluding tert-OH is 1. The Labute approximate surface area is 113 Å². The summed E-state index contributed by atoms with van der Waals surface area (Å²) in [4.78, 5) is 8.35. The monoisotopic (exact) mass is 266 g/mol. The van der Waals surface area contributed by atoms with Gasteiger partial charge in [0.2, 0.25) is 0 Å². The third-order valence-electron chi connectivity index (χ3n) is 3.22. The molecule has 6 nitrogen and oxygen atoms in total. The zero-order chi connectivity index (χ0) is 13.3. The van der Waals surface area contributed by atoms with Crippen LogP contribution in [0.3, 0.4) is 0 Å². The minimum Gasteiger partial charge on any atom is -0.396 e. The largest absolute Gasteiger partial charge is 0.396 e. The van der Waals surface area contributed by atoms with Crippen LogP contribution in [0.1, 0.15) is 19.3 Å². The molecule has 1 saturated heterocycles. The Morgan fingerprint density at radius 3 is 2.68 bits per heavy atom. The molecule has 0 atom stereocenters. The molecule has 3 N–H and O–H groups in total. The van der Waals surface area contributed by atoms with E-state index < -0.39 is 0 Å². The Bertz CT molecular complexity index is 369. The van der Waals surface area contributed by atoms with Gasteiger partial charge >= 0.3 is 0 Å². The Morgan fingerprint density at radius 1 is 1.21 bits per heavy atom. The van der Waals surface area contributed by atoms with Crippen LogP contribution < -0.4 is 10.6 Å². The molecule has 1 aliphatic heterocycles. The van der Waals surface area contributed by atoms with Crippen molar-refractivity contribution in [3.63, 3.8) is 0 Å². The smallest absolute Gasteiger partial charge is 0.131 e. The highest BCUT2D eigenvalue weighted by molar-refractivity contribution is 5.46. The van der Waals surface area contributed by atoms with Crippen molar-refractivity contribution in [2.45, 2.75) is 19.3 Å². The van der Waals surface area contributed by atoms with Crippen molar-refractivity contribution in [3.05, 3.63) is 12.4 Å². The molecule has 19 heavy (non-hydrogen) atoms. The number of aromatic nitrogens is 2. The van der Waals surface area contributed by atoms with E-state index in [4.69, 9.17) is 9.84 Å². The van der Waals surface area contributed by atoms with Gasteiger partial charge < -0.3 is 20.5 Å². The van der Waals surface area contributed by atoms with Gasteiger partial charge in [-0.3, -0.25) is 0 Å².